The second-order valence-electron chi connectivity index (χ2n) is 7.40. The number of allylic oxidation sites excluding steroid dienone is 1. The van der Waals surface area contributed by atoms with E-state index in [0.717, 1.165) is 16.0 Å². The molecule has 0 bridgehead atoms. The fraction of sp³-hybridized carbons (Fsp3) is 0.304. The van der Waals surface area contributed by atoms with Gasteiger partial charge in [0.25, 0.3) is 5.91 Å². The third-order valence-corrected chi connectivity index (χ3v) is 8.07. The molecule has 0 atom stereocenters. The van der Waals surface area contributed by atoms with Gasteiger partial charge in [-0.05, 0) is 63.2 Å². The molecule has 0 radical (unpaired) electrons. The molecule has 2 aromatic carbocycles. The molecule has 32 heavy (non-hydrogen) atoms. The van der Waals surface area contributed by atoms with E-state index < -0.39 is 15.9 Å². The van der Waals surface area contributed by atoms with E-state index in [4.69, 9.17) is 4.74 Å². The van der Waals surface area contributed by atoms with Crippen LogP contribution < -0.4 is 9.54 Å². The summed E-state index contributed by atoms with van der Waals surface area (Å²) >= 11 is 1.39. The summed E-state index contributed by atoms with van der Waals surface area (Å²) in [5.41, 5.74) is 1.25. The van der Waals surface area contributed by atoms with Crippen molar-refractivity contribution >= 4 is 37.5 Å². The fourth-order valence-corrected chi connectivity index (χ4v) is 5.50. The summed E-state index contributed by atoms with van der Waals surface area (Å²) in [6.07, 6.45) is 1.75. The molecule has 0 fully saturated rings. The van der Waals surface area contributed by atoms with Gasteiger partial charge in [-0.25, -0.2) is 8.42 Å². The second kappa shape index (κ2) is 9.81. The average molecular weight is 474 g/mol. The Morgan fingerprint density at radius 1 is 1.25 bits per heavy atom. The van der Waals surface area contributed by atoms with Crippen molar-refractivity contribution in [3.05, 3.63) is 65.5 Å². The van der Waals surface area contributed by atoms with Gasteiger partial charge in [0.1, 0.15) is 5.75 Å². The summed E-state index contributed by atoms with van der Waals surface area (Å²) in [5.74, 6) is 0.314. The zero-order valence-electron chi connectivity index (χ0n) is 18.6. The smallest absolute Gasteiger partial charge is 0.279 e. The summed E-state index contributed by atoms with van der Waals surface area (Å²) < 4.78 is 35.0. The molecule has 0 saturated heterocycles. The lowest BCUT2D eigenvalue weighted by atomic mass is 10.2. The Morgan fingerprint density at radius 3 is 2.53 bits per heavy atom. The maximum Gasteiger partial charge on any atom is 0.279 e. The Balaban J connectivity index is 1.98. The molecule has 3 rings (SSSR count). The van der Waals surface area contributed by atoms with Gasteiger partial charge in [0.15, 0.2) is 4.80 Å². The zero-order chi connectivity index (χ0) is 23.5. The summed E-state index contributed by atoms with van der Waals surface area (Å²) in [6.45, 7) is 10.4. The topological polar surface area (TPSA) is 81.0 Å². The maximum absolute atomic E-state index is 12.8. The van der Waals surface area contributed by atoms with Crippen molar-refractivity contribution in [1.82, 2.24) is 8.87 Å². The predicted molar refractivity (Wildman–Crippen MR) is 128 cm³/mol. The first-order valence-electron chi connectivity index (χ1n) is 10.2. The predicted octanol–water partition coefficient (Wildman–Crippen LogP) is 4.06. The first kappa shape index (κ1) is 23.9. The van der Waals surface area contributed by atoms with Gasteiger partial charge in [-0.2, -0.15) is 9.30 Å². The highest BCUT2D eigenvalue weighted by Crippen LogP contribution is 2.24. The van der Waals surface area contributed by atoms with Gasteiger partial charge < -0.3 is 9.30 Å². The lowest BCUT2D eigenvalue weighted by Crippen LogP contribution is -2.33. The number of aromatic nitrogens is 1. The number of nitrogens with zero attached hydrogens (tertiary/aromatic N) is 3. The van der Waals surface area contributed by atoms with Crippen molar-refractivity contribution in [1.29, 1.82) is 0 Å². The summed E-state index contributed by atoms with van der Waals surface area (Å²) in [6, 6.07) is 11.4. The highest BCUT2D eigenvalue weighted by atomic mass is 32.2. The molecule has 0 unspecified atom stereocenters. The molecular weight excluding hydrogens is 446 g/mol. The van der Waals surface area contributed by atoms with Crippen molar-refractivity contribution in [3.8, 4) is 5.75 Å². The van der Waals surface area contributed by atoms with Gasteiger partial charge >= 0.3 is 0 Å². The van der Waals surface area contributed by atoms with Crippen LogP contribution in [0.1, 0.15) is 31.1 Å². The Kier molecular flexibility index (Phi) is 7.33. The van der Waals surface area contributed by atoms with Crippen molar-refractivity contribution < 1.29 is 17.9 Å². The maximum atomic E-state index is 12.8. The van der Waals surface area contributed by atoms with E-state index in [0.29, 0.717) is 23.5 Å². The van der Waals surface area contributed by atoms with Crippen molar-refractivity contribution in [3.63, 3.8) is 0 Å². The van der Waals surface area contributed by atoms with Gasteiger partial charge in [-0.3, -0.25) is 4.79 Å². The normalized spacial score (nSPS) is 12.6. The molecule has 0 aliphatic rings. The number of hydrogen-bond acceptors (Lipinski definition) is 5. The molecule has 0 aliphatic heterocycles. The van der Waals surface area contributed by atoms with Crippen LogP contribution in [-0.4, -0.2) is 42.9 Å². The highest BCUT2D eigenvalue weighted by molar-refractivity contribution is 7.89. The van der Waals surface area contributed by atoms with Crippen molar-refractivity contribution in [2.75, 3.05) is 13.7 Å². The van der Waals surface area contributed by atoms with Crippen LogP contribution in [0.2, 0.25) is 0 Å². The van der Waals surface area contributed by atoms with Crippen LogP contribution in [0.4, 0.5) is 0 Å². The summed E-state index contributed by atoms with van der Waals surface area (Å²) in [5, 5.41) is 0. The number of fused-ring (bicyclic) bond motifs is 1. The lowest BCUT2D eigenvalue weighted by Gasteiger charge is -2.20. The minimum atomic E-state index is -3.61. The van der Waals surface area contributed by atoms with Crippen molar-refractivity contribution in [2.24, 2.45) is 4.99 Å². The number of hydrogen-bond donors (Lipinski definition) is 0. The van der Waals surface area contributed by atoms with E-state index in [9.17, 15) is 13.2 Å². The van der Waals surface area contributed by atoms with E-state index in [-0.39, 0.29) is 10.9 Å². The number of rotatable bonds is 8. The zero-order valence-corrected chi connectivity index (χ0v) is 20.2. The van der Waals surface area contributed by atoms with E-state index in [2.05, 4.69) is 11.6 Å². The molecule has 0 saturated carbocycles. The SMILES string of the molecule is C=CCn1c(=NC(=O)c2ccc(S(=O)(=O)N(C)C(C)C)cc2)sc2cc(OCC)ccc21. The first-order chi connectivity index (χ1) is 15.2. The number of benzene rings is 2. The van der Waals surface area contributed by atoms with Gasteiger partial charge in [0.2, 0.25) is 10.0 Å². The first-order valence-corrected chi connectivity index (χ1v) is 12.5. The van der Waals surface area contributed by atoms with Crippen LogP contribution in [0.3, 0.4) is 0 Å². The molecule has 9 heteroatoms. The fourth-order valence-electron chi connectivity index (χ4n) is 3.07. The van der Waals surface area contributed by atoms with Crippen LogP contribution >= 0.6 is 11.3 Å². The Bertz CT molecular complexity index is 1300. The monoisotopic (exact) mass is 473 g/mol. The molecule has 170 valence electrons. The van der Waals surface area contributed by atoms with Gasteiger partial charge in [-0.1, -0.05) is 17.4 Å². The summed E-state index contributed by atoms with van der Waals surface area (Å²) in [4.78, 5) is 17.8. The van der Waals surface area contributed by atoms with Crippen LogP contribution in [0.25, 0.3) is 10.2 Å². The van der Waals surface area contributed by atoms with Crippen LogP contribution in [0.5, 0.6) is 5.75 Å². The van der Waals surface area contributed by atoms with Crippen molar-refractivity contribution in [2.45, 2.75) is 38.3 Å². The molecule has 0 N–H and O–H groups in total. The lowest BCUT2D eigenvalue weighted by molar-refractivity contribution is 0.0997. The van der Waals surface area contributed by atoms with E-state index >= 15 is 0 Å². The van der Waals surface area contributed by atoms with Crippen LogP contribution in [0, 0.1) is 0 Å². The van der Waals surface area contributed by atoms with E-state index in [1.54, 1.807) is 19.9 Å². The van der Waals surface area contributed by atoms with Gasteiger partial charge in [0.05, 0.1) is 21.7 Å². The molecule has 0 spiro atoms. The van der Waals surface area contributed by atoms with E-state index in [1.807, 2.05) is 29.7 Å². The Morgan fingerprint density at radius 2 is 1.94 bits per heavy atom. The van der Waals surface area contributed by atoms with Gasteiger partial charge in [0, 0.05) is 25.2 Å². The van der Waals surface area contributed by atoms with Gasteiger partial charge in [-0.15, -0.1) is 6.58 Å². The Hall–Kier alpha value is -2.75. The third kappa shape index (κ3) is 4.85. The quantitative estimate of drug-likeness (QED) is 0.462. The number of ether oxygens (including phenoxy) is 1. The molecule has 7 nitrogen and oxygen atoms in total. The van der Waals surface area contributed by atoms with Crippen LogP contribution in [-0.2, 0) is 16.6 Å². The number of amides is 1. The highest BCUT2D eigenvalue weighted by Gasteiger charge is 2.23. The molecule has 1 heterocycles. The minimum Gasteiger partial charge on any atom is -0.494 e. The van der Waals surface area contributed by atoms with E-state index in [1.165, 1.54) is 47.0 Å². The largest absolute Gasteiger partial charge is 0.494 e. The number of carbonyl (C=O) groups excluding carboxylic acids is 1. The molecule has 1 amide bonds. The average Bonchev–Trinajstić information content (AvgIpc) is 3.09. The third-order valence-electron chi connectivity index (χ3n) is 4.98. The molecule has 0 aliphatic carbocycles. The number of thiazole rings is 1. The standard InChI is InChI=1S/C23H27N3O4S2/c1-6-14-26-20-13-10-18(30-7-2)15-21(20)31-23(26)24-22(27)17-8-11-19(12-9-17)32(28,29)25(5)16(3)4/h6,8-13,15-16H,1,7,14H2,2-5H3. The summed E-state index contributed by atoms with van der Waals surface area (Å²) in [7, 11) is -2.08. The molecular formula is C23H27N3O4S2. The Labute approximate surface area is 192 Å². The molecule has 1 aromatic heterocycles. The van der Waals surface area contributed by atoms with Crippen LogP contribution in [0.15, 0.2) is 65.0 Å². The molecule has 3 aromatic rings. The minimum absolute atomic E-state index is 0.136. The number of sulfonamides is 1. The number of carbonyl (C=O) groups is 1. The second-order valence-corrected chi connectivity index (χ2v) is 10.4.